The minimum atomic E-state index is -1.10. The molecule has 0 saturated carbocycles. The Balaban J connectivity index is 1.57. The van der Waals surface area contributed by atoms with Crippen LogP contribution in [0.3, 0.4) is 0 Å². The Hall–Kier alpha value is -4.06. The fourth-order valence-electron chi connectivity index (χ4n) is 3.88. The van der Waals surface area contributed by atoms with Crippen molar-refractivity contribution in [2.45, 2.75) is 72.1 Å². The fourth-order valence-corrected chi connectivity index (χ4v) is 3.88. The van der Waals surface area contributed by atoms with Gasteiger partial charge in [0.05, 0.1) is 11.3 Å². The molecule has 12 heteroatoms. The van der Waals surface area contributed by atoms with Gasteiger partial charge < -0.3 is 25.3 Å². The van der Waals surface area contributed by atoms with Gasteiger partial charge in [-0.3, -0.25) is 9.20 Å². The van der Waals surface area contributed by atoms with Crippen LogP contribution in [0.2, 0.25) is 0 Å². The second kappa shape index (κ2) is 12.9. The highest BCUT2D eigenvalue weighted by molar-refractivity contribution is 5.95. The lowest BCUT2D eigenvalue weighted by molar-refractivity contribution is -0.143. The van der Waals surface area contributed by atoms with E-state index in [9.17, 15) is 23.2 Å². The monoisotopic (exact) mass is 560 g/mol. The number of nitrogens with one attached hydrogen (secondary N) is 1. The highest BCUT2D eigenvalue weighted by atomic mass is 19.1. The van der Waals surface area contributed by atoms with Crippen LogP contribution in [0.5, 0.6) is 5.75 Å². The molecule has 0 fully saturated rings. The van der Waals surface area contributed by atoms with Crippen LogP contribution in [0.4, 0.5) is 13.6 Å². The molecule has 2 heterocycles. The van der Waals surface area contributed by atoms with Crippen molar-refractivity contribution >= 4 is 23.7 Å². The van der Waals surface area contributed by atoms with Gasteiger partial charge in [-0.15, -0.1) is 0 Å². The molecular weight excluding hydrogens is 526 g/mol. The van der Waals surface area contributed by atoms with E-state index in [4.69, 9.17) is 15.2 Å². The van der Waals surface area contributed by atoms with Crippen LogP contribution in [0.15, 0.2) is 30.5 Å². The summed E-state index contributed by atoms with van der Waals surface area (Å²) < 4.78 is 44.9. The minimum Gasteiger partial charge on any atom is -0.485 e. The zero-order chi connectivity index (χ0) is 29.6. The Morgan fingerprint density at radius 3 is 2.45 bits per heavy atom. The summed E-state index contributed by atoms with van der Waals surface area (Å²) in [5.74, 6) is -2.42. The first-order chi connectivity index (χ1) is 18.8. The van der Waals surface area contributed by atoms with E-state index in [1.807, 2.05) is 0 Å². The largest absolute Gasteiger partial charge is 0.516 e. The summed E-state index contributed by atoms with van der Waals surface area (Å²) in [4.78, 5) is 41.0. The Kier molecular flexibility index (Phi) is 9.80. The van der Waals surface area contributed by atoms with Crippen molar-refractivity contribution in [3.8, 4) is 5.75 Å². The van der Waals surface area contributed by atoms with Crippen LogP contribution in [-0.2, 0) is 20.9 Å². The van der Waals surface area contributed by atoms with E-state index in [2.05, 4.69) is 15.0 Å². The number of rotatable bonds is 10. The third-order valence-corrected chi connectivity index (χ3v) is 5.75. The molecule has 1 amide bonds. The Labute approximate surface area is 230 Å². The van der Waals surface area contributed by atoms with Crippen molar-refractivity contribution in [1.82, 2.24) is 14.7 Å². The molecule has 3 N–H and O–H groups in total. The van der Waals surface area contributed by atoms with Gasteiger partial charge in [0.2, 0.25) is 0 Å². The molecule has 1 atom stereocenters. The predicted molar refractivity (Wildman–Crippen MR) is 142 cm³/mol. The molecule has 0 radical (unpaired) electrons. The number of fused-ring (bicyclic) bond motifs is 1. The van der Waals surface area contributed by atoms with E-state index in [-0.39, 0.29) is 30.2 Å². The summed E-state index contributed by atoms with van der Waals surface area (Å²) in [6.45, 7) is 8.35. The molecule has 40 heavy (non-hydrogen) atoms. The zero-order valence-electron chi connectivity index (χ0n) is 23.2. The number of hydrogen-bond donors (Lipinski definition) is 2. The quantitative estimate of drug-likeness (QED) is 0.210. The van der Waals surface area contributed by atoms with Crippen molar-refractivity contribution < 1.29 is 37.4 Å². The van der Waals surface area contributed by atoms with E-state index in [1.165, 1.54) is 6.07 Å². The van der Waals surface area contributed by atoms with Crippen LogP contribution < -0.4 is 15.8 Å². The maximum absolute atomic E-state index is 14.0. The SMILES string of the molecule is Cc1cc(OCc2c(F)cccc2F)c2nc(C)c(C(=O)NCCCC[C@H](N)C(=O)OC(=O)OC(C)(C)C)n2c1. The standard InChI is InChI=1S/C28H34F2N4O6/c1-16-13-22(38-15-18-19(29)9-8-10-20(18)30)24-33-17(2)23(34(24)14-16)25(35)32-12-7-6-11-21(31)26(36)39-27(37)40-28(3,4)5/h8-10,13-14,21H,6-7,11-12,15,31H2,1-5H3,(H,32,35)/t21-/m0/s1. The van der Waals surface area contributed by atoms with Gasteiger partial charge in [0.1, 0.15) is 35.6 Å². The molecule has 10 nitrogen and oxygen atoms in total. The van der Waals surface area contributed by atoms with Crippen molar-refractivity contribution in [1.29, 1.82) is 0 Å². The van der Waals surface area contributed by atoms with Crippen molar-refractivity contribution in [3.63, 3.8) is 0 Å². The van der Waals surface area contributed by atoms with E-state index >= 15 is 0 Å². The summed E-state index contributed by atoms with van der Waals surface area (Å²) in [6, 6.07) is 4.25. The number of nitrogens with zero attached hydrogens (tertiary/aromatic N) is 2. The summed E-state index contributed by atoms with van der Waals surface area (Å²) in [5.41, 5.74) is 6.61. The van der Waals surface area contributed by atoms with Crippen LogP contribution in [-0.4, -0.2) is 45.6 Å². The summed E-state index contributed by atoms with van der Waals surface area (Å²) in [6.07, 6.45) is 1.86. The normalized spacial score (nSPS) is 12.2. The molecule has 216 valence electrons. The average molecular weight is 561 g/mol. The number of hydrogen-bond acceptors (Lipinski definition) is 8. The smallest absolute Gasteiger partial charge is 0.485 e. The molecule has 0 bridgehead atoms. The van der Waals surface area contributed by atoms with Gasteiger partial charge in [0.25, 0.3) is 5.91 Å². The summed E-state index contributed by atoms with van der Waals surface area (Å²) in [5, 5.41) is 2.82. The molecule has 1 aromatic carbocycles. The van der Waals surface area contributed by atoms with Gasteiger partial charge in [-0.2, -0.15) is 0 Å². The van der Waals surface area contributed by atoms with Crippen LogP contribution in [0, 0.1) is 25.5 Å². The number of esters is 1. The number of aromatic nitrogens is 2. The second-order valence-corrected chi connectivity index (χ2v) is 10.4. The number of nitrogens with two attached hydrogens (primary N) is 1. The Morgan fingerprint density at radius 2 is 1.80 bits per heavy atom. The number of amides is 1. The second-order valence-electron chi connectivity index (χ2n) is 10.4. The number of carbonyl (C=O) groups excluding carboxylic acids is 3. The zero-order valence-corrected chi connectivity index (χ0v) is 23.2. The molecule has 0 unspecified atom stereocenters. The number of pyridine rings is 1. The average Bonchev–Trinajstić information content (AvgIpc) is 3.17. The molecule has 3 rings (SSSR count). The highest BCUT2D eigenvalue weighted by Crippen LogP contribution is 2.26. The van der Waals surface area contributed by atoms with Crippen molar-refractivity contribution in [2.75, 3.05) is 6.54 Å². The molecule has 0 aliphatic rings. The minimum absolute atomic E-state index is 0.207. The van der Waals surface area contributed by atoms with Gasteiger partial charge in [0, 0.05) is 12.7 Å². The van der Waals surface area contributed by atoms with E-state index in [1.54, 1.807) is 51.3 Å². The molecule has 0 spiro atoms. The first-order valence-electron chi connectivity index (χ1n) is 12.8. The maximum Gasteiger partial charge on any atom is 0.516 e. The van der Waals surface area contributed by atoms with E-state index in [0.29, 0.717) is 36.4 Å². The van der Waals surface area contributed by atoms with Gasteiger partial charge in [-0.05, 0) is 77.6 Å². The lowest BCUT2D eigenvalue weighted by atomic mass is 10.1. The van der Waals surface area contributed by atoms with Crippen molar-refractivity contribution in [2.24, 2.45) is 5.73 Å². The number of benzene rings is 1. The van der Waals surface area contributed by atoms with Crippen LogP contribution in [0.25, 0.3) is 5.65 Å². The number of carbonyl (C=O) groups is 3. The van der Waals surface area contributed by atoms with Crippen molar-refractivity contribution in [3.05, 3.63) is 64.6 Å². The summed E-state index contributed by atoms with van der Waals surface area (Å²) in [7, 11) is 0. The van der Waals surface area contributed by atoms with Gasteiger partial charge in [-0.1, -0.05) is 6.07 Å². The summed E-state index contributed by atoms with van der Waals surface area (Å²) >= 11 is 0. The molecule has 0 aliphatic carbocycles. The number of halogens is 2. The third kappa shape index (κ3) is 7.98. The van der Waals surface area contributed by atoms with Gasteiger partial charge in [-0.25, -0.2) is 23.4 Å². The van der Waals surface area contributed by atoms with Crippen LogP contribution in [0.1, 0.15) is 67.3 Å². The molecule has 3 aromatic rings. The molecular formula is C28H34F2N4O6. The Bertz CT molecular complexity index is 1380. The highest BCUT2D eigenvalue weighted by Gasteiger charge is 2.24. The van der Waals surface area contributed by atoms with E-state index in [0.717, 1.165) is 17.7 Å². The van der Waals surface area contributed by atoms with Crippen LogP contribution >= 0.6 is 0 Å². The lowest BCUT2D eigenvalue weighted by Gasteiger charge is -2.19. The Morgan fingerprint density at radius 1 is 1.12 bits per heavy atom. The first kappa shape index (κ1) is 30.5. The number of ether oxygens (including phenoxy) is 3. The van der Waals surface area contributed by atoms with Gasteiger partial charge in [0.15, 0.2) is 11.4 Å². The number of aryl methyl sites for hydroxylation is 2. The van der Waals surface area contributed by atoms with E-state index < -0.39 is 35.4 Å². The third-order valence-electron chi connectivity index (χ3n) is 5.75. The lowest BCUT2D eigenvalue weighted by Crippen LogP contribution is -2.35. The number of unbranched alkanes of at least 4 members (excludes halogenated alkanes) is 1. The molecule has 2 aromatic heterocycles. The van der Waals surface area contributed by atoms with Gasteiger partial charge >= 0.3 is 12.1 Å². The molecule has 0 aliphatic heterocycles. The number of imidazole rings is 1. The maximum atomic E-state index is 14.0. The predicted octanol–water partition coefficient (Wildman–Crippen LogP) is 4.51. The molecule has 0 saturated heterocycles. The topological polar surface area (TPSA) is 134 Å². The fraction of sp³-hybridized carbons (Fsp3) is 0.429. The first-order valence-corrected chi connectivity index (χ1v) is 12.8.